The van der Waals surface area contributed by atoms with E-state index >= 15 is 0 Å². The Labute approximate surface area is 177 Å². The van der Waals surface area contributed by atoms with Crippen molar-refractivity contribution in [3.05, 3.63) is 0 Å². The third-order valence-electron chi connectivity index (χ3n) is 5.76. The molecule has 1 saturated carbocycles. The van der Waals surface area contributed by atoms with E-state index in [0.717, 1.165) is 25.9 Å². The second-order valence-electron chi connectivity index (χ2n) is 8.74. The molecule has 27 heavy (non-hydrogen) atoms. The molecular formula is C19H38Cl2N4O2. The van der Waals surface area contributed by atoms with Crippen LogP contribution in [-0.4, -0.2) is 78.4 Å². The lowest BCUT2D eigenvalue weighted by Crippen LogP contribution is -2.57. The number of nitrogens with zero attached hydrogens (tertiary/aromatic N) is 3. The molecule has 0 unspecified atom stereocenters. The first-order valence-electron chi connectivity index (χ1n) is 9.72. The smallest absolute Gasteiger partial charge is 0.240 e. The fourth-order valence-electron chi connectivity index (χ4n) is 3.67. The van der Waals surface area contributed by atoms with Crippen LogP contribution in [0.2, 0.25) is 0 Å². The van der Waals surface area contributed by atoms with Crippen LogP contribution in [-0.2, 0) is 9.59 Å². The van der Waals surface area contributed by atoms with Gasteiger partial charge in [-0.3, -0.25) is 14.5 Å². The summed E-state index contributed by atoms with van der Waals surface area (Å²) in [5, 5.41) is 0. The molecule has 160 valence electrons. The third kappa shape index (κ3) is 7.41. The van der Waals surface area contributed by atoms with Crippen LogP contribution in [0, 0.1) is 5.41 Å². The number of halogens is 2. The molecule has 0 aromatic heterocycles. The van der Waals surface area contributed by atoms with E-state index in [1.165, 1.54) is 19.3 Å². The highest BCUT2D eigenvalue weighted by molar-refractivity contribution is 5.85. The van der Waals surface area contributed by atoms with Crippen LogP contribution in [0.15, 0.2) is 0 Å². The highest BCUT2D eigenvalue weighted by Crippen LogP contribution is 2.22. The minimum absolute atomic E-state index is 0. The normalized spacial score (nSPS) is 20.3. The Morgan fingerprint density at radius 1 is 1.04 bits per heavy atom. The van der Waals surface area contributed by atoms with E-state index in [9.17, 15) is 9.59 Å². The zero-order valence-electron chi connectivity index (χ0n) is 17.3. The maximum Gasteiger partial charge on any atom is 0.240 e. The largest absolute Gasteiger partial charge is 0.342 e. The van der Waals surface area contributed by atoms with Crippen LogP contribution in [0.25, 0.3) is 0 Å². The van der Waals surface area contributed by atoms with E-state index in [4.69, 9.17) is 5.73 Å². The molecule has 1 heterocycles. The molecule has 0 radical (unpaired) electrons. The van der Waals surface area contributed by atoms with Gasteiger partial charge in [-0.25, -0.2) is 0 Å². The summed E-state index contributed by atoms with van der Waals surface area (Å²) in [5.41, 5.74) is 5.87. The predicted octanol–water partition coefficient (Wildman–Crippen LogP) is 2.14. The number of rotatable bonds is 4. The predicted molar refractivity (Wildman–Crippen MR) is 115 cm³/mol. The van der Waals surface area contributed by atoms with Gasteiger partial charge in [0.2, 0.25) is 11.8 Å². The molecule has 2 rings (SSSR count). The Morgan fingerprint density at radius 3 is 2.04 bits per heavy atom. The molecule has 1 atom stereocenters. The average molecular weight is 425 g/mol. The topological polar surface area (TPSA) is 69.9 Å². The molecule has 2 N–H and O–H groups in total. The van der Waals surface area contributed by atoms with Crippen LogP contribution in [0.5, 0.6) is 0 Å². The number of hydrogen-bond donors (Lipinski definition) is 1. The van der Waals surface area contributed by atoms with Gasteiger partial charge in [0.25, 0.3) is 0 Å². The van der Waals surface area contributed by atoms with Gasteiger partial charge in [0.05, 0.1) is 12.6 Å². The maximum atomic E-state index is 12.5. The van der Waals surface area contributed by atoms with Gasteiger partial charge in [0.1, 0.15) is 0 Å². The molecule has 8 heteroatoms. The molecule has 0 aromatic carbocycles. The zero-order chi connectivity index (χ0) is 18.6. The van der Waals surface area contributed by atoms with Crippen LogP contribution in [0.4, 0.5) is 0 Å². The summed E-state index contributed by atoms with van der Waals surface area (Å²) in [6, 6.07) is -0.0629. The third-order valence-corrected chi connectivity index (χ3v) is 5.76. The minimum atomic E-state index is -0.474. The SMILES string of the molecule is CN(C(=O)CN1CCN(C(=O)[C@@H](N)C(C)(C)C)CC1)C1CCCCC1.Cl.Cl. The van der Waals surface area contributed by atoms with Crippen molar-refractivity contribution in [2.24, 2.45) is 11.1 Å². The molecule has 2 aliphatic rings. The molecule has 0 bridgehead atoms. The average Bonchev–Trinajstić information content (AvgIpc) is 2.60. The monoisotopic (exact) mass is 424 g/mol. The van der Waals surface area contributed by atoms with Gasteiger partial charge in [0.15, 0.2) is 0 Å². The summed E-state index contributed by atoms with van der Waals surface area (Å²) in [5.74, 6) is 0.232. The number of amides is 2. The van der Waals surface area contributed by atoms with Crippen LogP contribution in [0.3, 0.4) is 0 Å². The Balaban J connectivity index is 0.00000338. The first-order chi connectivity index (χ1) is 11.7. The number of likely N-dealkylation sites (N-methyl/N-ethyl adjacent to an activating group) is 1. The summed E-state index contributed by atoms with van der Waals surface area (Å²) >= 11 is 0. The number of piperazine rings is 1. The molecule has 1 saturated heterocycles. The van der Waals surface area contributed by atoms with Gasteiger partial charge >= 0.3 is 0 Å². The molecule has 0 aromatic rings. The number of carbonyl (C=O) groups is 2. The second-order valence-corrected chi connectivity index (χ2v) is 8.74. The molecule has 6 nitrogen and oxygen atoms in total. The lowest BCUT2D eigenvalue weighted by molar-refractivity contribution is -0.138. The van der Waals surface area contributed by atoms with E-state index in [-0.39, 0.29) is 42.0 Å². The van der Waals surface area contributed by atoms with Gasteiger partial charge in [-0.1, -0.05) is 40.0 Å². The van der Waals surface area contributed by atoms with Crippen molar-refractivity contribution in [3.8, 4) is 0 Å². The molecular weight excluding hydrogens is 387 g/mol. The highest BCUT2D eigenvalue weighted by atomic mass is 35.5. The standard InChI is InChI=1S/C19H36N4O2.2ClH/c1-19(2,3)17(20)18(25)23-12-10-22(11-13-23)14-16(24)21(4)15-8-6-5-7-9-15;;/h15,17H,5-14,20H2,1-4H3;2*1H/t17-;;/m1../s1. The summed E-state index contributed by atoms with van der Waals surface area (Å²) < 4.78 is 0. The van der Waals surface area contributed by atoms with Gasteiger partial charge < -0.3 is 15.5 Å². The fraction of sp³-hybridized carbons (Fsp3) is 0.895. The fourth-order valence-corrected chi connectivity index (χ4v) is 3.67. The van der Waals surface area contributed by atoms with Crippen molar-refractivity contribution in [1.29, 1.82) is 0 Å². The summed E-state index contributed by atoms with van der Waals surface area (Å²) in [7, 11) is 1.94. The van der Waals surface area contributed by atoms with Crippen LogP contribution >= 0.6 is 24.8 Å². The summed E-state index contributed by atoms with van der Waals surface area (Å²) in [4.78, 5) is 31.0. The van der Waals surface area contributed by atoms with Crippen LogP contribution in [0.1, 0.15) is 52.9 Å². The van der Waals surface area contributed by atoms with Crippen molar-refractivity contribution in [1.82, 2.24) is 14.7 Å². The van der Waals surface area contributed by atoms with Crippen molar-refractivity contribution in [2.75, 3.05) is 39.8 Å². The molecule has 0 spiro atoms. The van der Waals surface area contributed by atoms with Crippen molar-refractivity contribution >= 4 is 36.6 Å². The zero-order valence-corrected chi connectivity index (χ0v) is 18.9. The first kappa shape index (κ1) is 26.4. The van der Waals surface area contributed by atoms with Gasteiger partial charge in [0, 0.05) is 39.3 Å². The minimum Gasteiger partial charge on any atom is -0.342 e. The number of hydrogen-bond acceptors (Lipinski definition) is 4. The van der Waals surface area contributed by atoms with E-state index < -0.39 is 6.04 Å². The quantitative estimate of drug-likeness (QED) is 0.749. The summed E-state index contributed by atoms with van der Waals surface area (Å²) in [6.07, 6.45) is 6.03. The Hall–Kier alpha value is -0.560. The molecule has 2 fully saturated rings. The maximum absolute atomic E-state index is 12.5. The van der Waals surface area contributed by atoms with E-state index in [2.05, 4.69) is 4.90 Å². The summed E-state index contributed by atoms with van der Waals surface area (Å²) in [6.45, 7) is 9.23. The van der Waals surface area contributed by atoms with E-state index in [1.807, 2.05) is 37.6 Å². The van der Waals surface area contributed by atoms with Gasteiger partial charge in [-0.05, 0) is 18.3 Å². The second kappa shape index (κ2) is 11.4. The van der Waals surface area contributed by atoms with Crippen molar-refractivity contribution in [3.63, 3.8) is 0 Å². The highest BCUT2D eigenvalue weighted by Gasteiger charge is 2.33. The van der Waals surface area contributed by atoms with Crippen LogP contribution < -0.4 is 5.73 Å². The van der Waals surface area contributed by atoms with E-state index in [0.29, 0.717) is 25.7 Å². The molecule has 2 amide bonds. The Kier molecular flexibility index (Phi) is 11.2. The van der Waals surface area contributed by atoms with Crippen molar-refractivity contribution in [2.45, 2.75) is 65.0 Å². The number of nitrogens with two attached hydrogens (primary N) is 1. The van der Waals surface area contributed by atoms with Gasteiger partial charge in [-0.15, -0.1) is 24.8 Å². The Morgan fingerprint density at radius 2 is 1.56 bits per heavy atom. The lowest BCUT2D eigenvalue weighted by atomic mass is 9.86. The molecule has 1 aliphatic carbocycles. The van der Waals surface area contributed by atoms with Gasteiger partial charge in [-0.2, -0.15) is 0 Å². The number of carbonyl (C=O) groups excluding carboxylic acids is 2. The Bertz CT molecular complexity index is 471. The van der Waals surface area contributed by atoms with E-state index in [1.54, 1.807) is 0 Å². The van der Waals surface area contributed by atoms with Crippen molar-refractivity contribution < 1.29 is 9.59 Å². The first-order valence-corrected chi connectivity index (χ1v) is 9.72. The molecule has 1 aliphatic heterocycles. The lowest BCUT2D eigenvalue weighted by Gasteiger charge is -2.39.